The third-order valence-corrected chi connectivity index (χ3v) is 1.98. The van der Waals surface area contributed by atoms with Gasteiger partial charge in [0.2, 0.25) is 0 Å². The van der Waals surface area contributed by atoms with Crippen molar-refractivity contribution < 1.29 is 0 Å². The highest BCUT2D eigenvalue weighted by molar-refractivity contribution is 6.04. The first kappa shape index (κ1) is 6.47. The highest BCUT2D eigenvalue weighted by atomic mass is 16.1. The fourth-order valence-electron chi connectivity index (χ4n) is 1.45. The third kappa shape index (κ3) is 0.752. The van der Waals surface area contributed by atoms with Crippen molar-refractivity contribution in [1.82, 2.24) is 19.9 Å². The molecule has 0 aliphatic carbocycles. The topological polar surface area (TPSA) is 71.5 Å². The molecule has 3 aromatic rings. The first-order chi connectivity index (χ1) is 6.34. The van der Waals surface area contributed by atoms with Crippen molar-refractivity contribution in [3.8, 4) is 0 Å². The Morgan fingerprint density at radius 2 is 2.15 bits per heavy atom. The zero-order chi connectivity index (χ0) is 8.84. The smallest absolute Gasteiger partial charge is 0.346 e. The Bertz CT molecular complexity index is 630. The molecule has 62 valence electrons. The predicted octanol–water partition coefficient (Wildman–Crippen LogP) is 0.304. The van der Waals surface area contributed by atoms with Gasteiger partial charge in [0.05, 0.1) is 22.7 Å². The molecule has 0 unspecified atom stereocenters. The van der Waals surface area contributed by atoms with E-state index in [-0.39, 0.29) is 0 Å². The Morgan fingerprint density at radius 3 is 3.08 bits per heavy atom. The van der Waals surface area contributed by atoms with Crippen LogP contribution in [0.15, 0.2) is 23.3 Å². The lowest BCUT2D eigenvalue weighted by atomic mass is 10.3. The largest absolute Gasteiger partial charge is 0.369 e. The van der Waals surface area contributed by atoms with Gasteiger partial charge in [-0.1, -0.05) is 0 Å². The number of aromatic amines is 1. The molecular formula is C8H4N4O. The van der Waals surface area contributed by atoms with Crippen LogP contribution >= 0.6 is 0 Å². The predicted molar refractivity (Wildman–Crippen MR) is 46.6 cm³/mol. The Balaban J connectivity index is 2.78. The van der Waals surface area contributed by atoms with Crippen LogP contribution in [0.4, 0.5) is 0 Å². The van der Waals surface area contributed by atoms with E-state index in [4.69, 9.17) is 0 Å². The lowest BCUT2D eigenvalue weighted by Gasteiger charge is -1.93. The van der Waals surface area contributed by atoms with E-state index in [1.54, 1.807) is 6.07 Å². The molecule has 1 N–H and O–H groups in total. The SMILES string of the molecule is O=c1nc2ccc3[nH]cnc(n1)c23. The first-order valence-corrected chi connectivity index (χ1v) is 3.78. The molecule has 0 radical (unpaired) electrons. The minimum Gasteiger partial charge on any atom is -0.346 e. The van der Waals surface area contributed by atoms with E-state index >= 15 is 0 Å². The summed E-state index contributed by atoms with van der Waals surface area (Å²) in [7, 11) is 0. The first-order valence-electron chi connectivity index (χ1n) is 3.78. The minimum atomic E-state index is -0.487. The zero-order valence-electron chi connectivity index (χ0n) is 6.48. The van der Waals surface area contributed by atoms with Crippen LogP contribution in [0.2, 0.25) is 0 Å². The van der Waals surface area contributed by atoms with Gasteiger partial charge in [0, 0.05) is 0 Å². The fourth-order valence-corrected chi connectivity index (χ4v) is 1.45. The summed E-state index contributed by atoms with van der Waals surface area (Å²) in [5.41, 5.74) is 1.52. The molecule has 1 aromatic carbocycles. The normalized spacial score (nSPS) is 11.4. The van der Waals surface area contributed by atoms with E-state index < -0.39 is 5.69 Å². The molecule has 3 rings (SSSR count). The second-order valence-electron chi connectivity index (χ2n) is 2.74. The van der Waals surface area contributed by atoms with Crippen LogP contribution in [0.25, 0.3) is 22.1 Å². The second kappa shape index (κ2) is 2.01. The summed E-state index contributed by atoms with van der Waals surface area (Å²) in [5.74, 6) is 0. The molecule has 0 spiro atoms. The molecule has 0 saturated carbocycles. The molecule has 0 aliphatic rings. The maximum absolute atomic E-state index is 11.0. The number of nitrogens with one attached hydrogen (secondary N) is 1. The maximum atomic E-state index is 11.0. The molecule has 0 aliphatic heterocycles. The van der Waals surface area contributed by atoms with Gasteiger partial charge in [0.15, 0.2) is 5.65 Å². The van der Waals surface area contributed by atoms with Crippen molar-refractivity contribution >= 4 is 22.1 Å². The summed E-state index contributed by atoms with van der Waals surface area (Å²) in [6.45, 7) is 0. The van der Waals surface area contributed by atoms with Crippen LogP contribution in [0.3, 0.4) is 0 Å². The van der Waals surface area contributed by atoms with Crippen LogP contribution in [0, 0.1) is 0 Å². The minimum absolute atomic E-state index is 0.453. The van der Waals surface area contributed by atoms with Crippen LogP contribution in [-0.4, -0.2) is 19.9 Å². The number of H-pyrrole nitrogens is 1. The van der Waals surface area contributed by atoms with Gasteiger partial charge in [-0.25, -0.2) is 9.78 Å². The van der Waals surface area contributed by atoms with Gasteiger partial charge in [-0.05, 0) is 12.1 Å². The summed E-state index contributed by atoms with van der Waals surface area (Å²) in [6, 6.07) is 3.63. The Labute approximate surface area is 71.8 Å². The van der Waals surface area contributed by atoms with Crippen molar-refractivity contribution in [3.63, 3.8) is 0 Å². The number of aromatic nitrogens is 4. The van der Waals surface area contributed by atoms with Crippen molar-refractivity contribution in [3.05, 3.63) is 28.9 Å². The molecule has 0 amide bonds. The van der Waals surface area contributed by atoms with Gasteiger partial charge in [-0.3, -0.25) is 0 Å². The van der Waals surface area contributed by atoms with E-state index in [0.29, 0.717) is 11.2 Å². The molecule has 2 aromatic heterocycles. The van der Waals surface area contributed by atoms with E-state index in [0.717, 1.165) is 10.9 Å². The third-order valence-electron chi connectivity index (χ3n) is 1.98. The Hall–Kier alpha value is -2.04. The summed E-state index contributed by atoms with van der Waals surface area (Å²) in [6.07, 6.45) is 1.52. The Morgan fingerprint density at radius 1 is 1.23 bits per heavy atom. The molecule has 5 heteroatoms. The zero-order valence-corrected chi connectivity index (χ0v) is 6.48. The maximum Gasteiger partial charge on any atom is 0.369 e. The van der Waals surface area contributed by atoms with Crippen LogP contribution in [-0.2, 0) is 0 Å². The van der Waals surface area contributed by atoms with Gasteiger partial charge in [-0.15, -0.1) is 0 Å². The summed E-state index contributed by atoms with van der Waals surface area (Å²) in [5, 5.41) is 0.821. The monoisotopic (exact) mass is 172 g/mol. The van der Waals surface area contributed by atoms with E-state index in [1.807, 2.05) is 6.07 Å². The molecule has 13 heavy (non-hydrogen) atoms. The van der Waals surface area contributed by atoms with E-state index in [1.165, 1.54) is 6.33 Å². The molecule has 5 nitrogen and oxygen atoms in total. The van der Waals surface area contributed by atoms with E-state index in [9.17, 15) is 4.79 Å². The van der Waals surface area contributed by atoms with Crippen molar-refractivity contribution in [1.29, 1.82) is 0 Å². The van der Waals surface area contributed by atoms with Gasteiger partial charge in [-0.2, -0.15) is 9.97 Å². The lowest BCUT2D eigenvalue weighted by molar-refractivity contribution is 1.11. The van der Waals surface area contributed by atoms with Crippen molar-refractivity contribution in [2.75, 3.05) is 0 Å². The highest BCUT2D eigenvalue weighted by Crippen LogP contribution is 2.19. The van der Waals surface area contributed by atoms with Crippen molar-refractivity contribution in [2.24, 2.45) is 0 Å². The molecular weight excluding hydrogens is 168 g/mol. The van der Waals surface area contributed by atoms with Crippen molar-refractivity contribution in [2.45, 2.75) is 0 Å². The lowest BCUT2D eigenvalue weighted by Crippen LogP contribution is -2.09. The van der Waals surface area contributed by atoms with Crippen LogP contribution < -0.4 is 5.69 Å². The highest BCUT2D eigenvalue weighted by Gasteiger charge is 2.07. The van der Waals surface area contributed by atoms with Crippen LogP contribution in [0.5, 0.6) is 0 Å². The fraction of sp³-hybridized carbons (Fsp3) is 0. The molecule has 0 bridgehead atoms. The standard InChI is InChI=1S/C8H4N4O/c13-8-11-5-2-1-4-6(5)7(12-8)10-3-9-4/h1-3H,(H,9,10,11,12,13). The quantitative estimate of drug-likeness (QED) is 0.529. The molecule has 0 saturated heterocycles. The number of hydrogen-bond acceptors (Lipinski definition) is 4. The Kier molecular flexibility index (Phi) is 0.999. The number of nitrogens with zero attached hydrogens (tertiary/aromatic N) is 3. The molecule has 2 heterocycles. The molecule has 0 fully saturated rings. The van der Waals surface area contributed by atoms with Gasteiger partial charge in [0.1, 0.15) is 0 Å². The average Bonchev–Trinajstić information content (AvgIpc) is 2.50. The number of rotatable bonds is 0. The van der Waals surface area contributed by atoms with Gasteiger partial charge in [0.25, 0.3) is 0 Å². The summed E-state index contributed by atoms with van der Waals surface area (Å²) >= 11 is 0. The number of hydrogen-bond donors (Lipinski definition) is 1. The summed E-state index contributed by atoms with van der Waals surface area (Å²) < 4.78 is 0. The van der Waals surface area contributed by atoms with Crippen LogP contribution in [0.1, 0.15) is 0 Å². The average molecular weight is 172 g/mol. The second-order valence-corrected chi connectivity index (χ2v) is 2.74. The summed E-state index contributed by atoms with van der Waals surface area (Å²) in [4.78, 5) is 25.3. The van der Waals surface area contributed by atoms with Gasteiger partial charge < -0.3 is 4.98 Å². The van der Waals surface area contributed by atoms with Gasteiger partial charge >= 0.3 is 5.69 Å². The van der Waals surface area contributed by atoms with E-state index in [2.05, 4.69) is 19.9 Å². The molecule has 0 atom stereocenters.